The second-order valence-corrected chi connectivity index (χ2v) is 9.11. The Balaban J connectivity index is 1.61. The van der Waals surface area contributed by atoms with Gasteiger partial charge in [0.15, 0.2) is 15.9 Å². The summed E-state index contributed by atoms with van der Waals surface area (Å²) in [6.45, 7) is 3.04. The molecule has 1 aliphatic heterocycles. The van der Waals surface area contributed by atoms with Crippen molar-refractivity contribution in [1.82, 2.24) is 0 Å². The van der Waals surface area contributed by atoms with Crippen LogP contribution in [-0.4, -0.2) is 44.6 Å². The Hall–Kier alpha value is -3.20. The zero-order valence-corrected chi connectivity index (χ0v) is 17.4. The summed E-state index contributed by atoms with van der Waals surface area (Å²) < 4.78 is 29.9. The van der Waals surface area contributed by atoms with E-state index in [-0.39, 0.29) is 23.8 Å². The number of benzene rings is 2. The first-order valence-electron chi connectivity index (χ1n) is 9.36. The van der Waals surface area contributed by atoms with Crippen LogP contribution in [0.3, 0.4) is 0 Å². The van der Waals surface area contributed by atoms with Crippen molar-refractivity contribution in [3.63, 3.8) is 0 Å². The molecule has 0 unspecified atom stereocenters. The maximum absolute atomic E-state index is 12.7. The third kappa shape index (κ3) is 4.85. The van der Waals surface area contributed by atoms with Gasteiger partial charge in [0.1, 0.15) is 6.54 Å². The van der Waals surface area contributed by atoms with E-state index in [9.17, 15) is 22.8 Å². The maximum Gasteiger partial charge on any atom is 0.307 e. The molecule has 1 N–H and O–H groups in total. The fourth-order valence-electron chi connectivity index (χ4n) is 3.04. The number of nitrogens with zero attached hydrogens (tertiary/aromatic N) is 1. The highest BCUT2D eigenvalue weighted by Crippen LogP contribution is 2.29. The van der Waals surface area contributed by atoms with Gasteiger partial charge in [0.25, 0.3) is 5.91 Å². The summed E-state index contributed by atoms with van der Waals surface area (Å²) in [6, 6.07) is 13.1. The Morgan fingerprint density at radius 3 is 2.50 bits per heavy atom. The number of para-hydroxylation sites is 2. The molecule has 30 heavy (non-hydrogen) atoms. The molecule has 0 saturated heterocycles. The highest BCUT2D eigenvalue weighted by Gasteiger charge is 2.31. The van der Waals surface area contributed by atoms with Crippen molar-refractivity contribution >= 4 is 39.0 Å². The van der Waals surface area contributed by atoms with Gasteiger partial charge in [0.2, 0.25) is 5.91 Å². The molecule has 2 aromatic rings. The molecule has 1 atom stereocenters. The third-order valence-electron chi connectivity index (χ3n) is 4.65. The van der Waals surface area contributed by atoms with Crippen LogP contribution in [0.4, 0.5) is 11.4 Å². The van der Waals surface area contributed by atoms with E-state index in [1.165, 1.54) is 24.0 Å². The molecule has 0 aromatic heterocycles. The van der Waals surface area contributed by atoms with Crippen LogP contribution >= 0.6 is 0 Å². The smallest absolute Gasteiger partial charge is 0.307 e. The van der Waals surface area contributed by atoms with E-state index in [1.807, 2.05) is 6.92 Å². The van der Waals surface area contributed by atoms with E-state index in [4.69, 9.17) is 4.74 Å². The predicted molar refractivity (Wildman–Crippen MR) is 111 cm³/mol. The summed E-state index contributed by atoms with van der Waals surface area (Å²) in [7, 11) is -3.64. The number of carbonyl (C=O) groups excluding carboxylic acids is 3. The second-order valence-electron chi connectivity index (χ2n) is 7.00. The Labute approximate surface area is 174 Å². The van der Waals surface area contributed by atoms with Crippen molar-refractivity contribution in [2.24, 2.45) is 0 Å². The topological polar surface area (TPSA) is 110 Å². The van der Waals surface area contributed by atoms with Gasteiger partial charge in [-0.2, -0.15) is 0 Å². The van der Waals surface area contributed by atoms with E-state index >= 15 is 0 Å². The van der Waals surface area contributed by atoms with Gasteiger partial charge in [-0.1, -0.05) is 29.8 Å². The lowest BCUT2D eigenvalue weighted by molar-refractivity contribution is -0.153. The Kier molecular flexibility index (Phi) is 6.21. The molecule has 9 heteroatoms. The largest absolute Gasteiger partial charge is 0.452 e. The number of fused-ring (bicyclic) bond motifs is 1. The molecule has 2 amide bonds. The minimum Gasteiger partial charge on any atom is -0.452 e. The highest BCUT2D eigenvalue weighted by molar-refractivity contribution is 7.91. The third-order valence-corrected chi connectivity index (χ3v) is 6.38. The molecule has 3 rings (SSSR count). The zero-order chi connectivity index (χ0) is 21.9. The first kappa shape index (κ1) is 21.5. The standard InChI is InChI=1S/C21H22N2O6S/c1-14-7-9-16(10-8-14)30(27,28)12-11-20(25)29-15(2)21(26)23-13-19(24)22-17-5-3-4-6-18(17)23/h3-10,15H,11-13H2,1-2H3,(H,22,24)/t15-/m0/s1. The SMILES string of the molecule is Cc1ccc(S(=O)(=O)CCC(=O)O[C@@H](C)C(=O)N2CC(=O)Nc3ccccc32)cc1. The van der Waals surface area contributed by atoms with Crippen molar-refractivity contribution < 1.29 is 27.5 Å². The molecule has 0 saturated carbocycles. The van der Waals surface area contributed by atoms with Crippen molar-refractivity contribution in [2.75, 3.05) is 22.5 Å². The molecule has 0 spiro atoms. The van der Waals surface area contributed by atoms with Gasteiger partial charge >= 0.3 is 5.97 Å². The molecule has 1 heterocycles. The van der Waals surface area contributed by atoms with Crippen LogP contribution < -0.4 is 10.2 Å². The fraction of sp³-hybridized carbons (Fsp3) is 0.286. The maximum atomic E-state index is 12.7. The van der Waals surface area contributed by atoms with Crippen LogP contribution in [0, 0.1) is 6.92 Å². The molecule has 0 radical (unpaired) electrons. The number of amides is 2. The van der Waals surface area contributed by atoms with E-state index in [0.29, 0.717) is 11.4 Å². The lowest BCUT2D eigenvalue weighted by atomic mass is 10.1. The van der Waals surface area contributed by atoms with Gasteiger partial charge in [0.05, 0.1) is 28.4 Å². The van der Waals surface area contributed by atoms with Gasteiger partial charge in [-0.3, -0.25) is 19.3 Å². The summed E-state index contributed by atoms with van der Waals surface area (Å²) >= 11 is 0. The fourth-order valence-corrected chi connectivity index (χ4v) is 4.26. The summed E-state index contributed by atoms with van der Waals surface area (Å²) in [5.41, 5.74) is 1.92. The number of sulfone groups is 1. The normalized spacial score (nSPS) is 14.5. The first-order chi connectivity index (χ1) is 14.2. The van der Waals surface area contributed by atoms with Crippen molar-refractivity contribution in [3.8, 4) is 0 Å². The van der Waals surface area contributed by atoms with Crippen LogP contribution in [0.2, 0.25) is 0 Å². The molecule has 0 fully saturated rings. The zero-order valence-electron chi connectivity index (χ0n) is 16.6. The molecule has 1 aliphatic rings. The molecular formula is C21H22N2O6S. The number of aryl methyl sites for hydroxylation is 1. The van der Waals surface area contributed by atoms with Gasteiger partial charge in [-0.25, -0.2) is 8.42 Å². The molecule has 0 aliphatic carbocycles. The van der Waals surface area contributed by atoms with Crippen molar-refractivity contribution in [2.45, 2.75) is 31.3 Å². The Morgan fingerprint density at radius 2 is 1.80 bits per heavy atom. The monoisotopic (exact) mass is 430 g/mol. The number of nitrogens with one attached hydrogen (secondary N) is 1. The van der Waals surface area contributed by atoms with E-state index in [0.717, 1.165) is 5.56 Å². The molecule has 158 valence electrons. The lowest BCUT2D eigenvalue weighted by Gasteiger charge is -2.30. The predicted octanol–water partition coefficient (Wildman–Crippen LogP) is 2.08. The number of anilines is 2. The van der Waals surface area contributed by atoms with Crippen LogP contribution in [0.5, 0.6) is 0 Å². The number of hydrogen-bond acceptors (Lipinski definition) is 6. The van der Waals surface area contributed by atoms with Gasteiger partial charge in [-0.15, -0.1) is 0 Å². The molecular weight excluding hydrogens is 408 g/mol. The van der Waals surface area contributed by atoms with Crippen LogP contribution in [-0.2, 0) is 29.0 Å². The second kappa shape index (κ2) is 8.66. The number of ether oxygens (including phenoxy) is 1. The van der Waals surface area contributed by atoms with Crippen LogP contribution in [0.1, 0.15) is 18.9 Å². The highest BCUT2D eigenvalue weighted by atomic mass is 32.2. The van der Waals surface area contributed by atoms with Crippen molar-refractivity contribution in [3.05, 3.63) is 54.1 Å². The minimum absolute atomic E-state index is 0.126. The van der Waals surface area contributed by atoms with E-state index in [1.54, 1.807) is 36.4 Å². The molecule has 2 aromatic carbocycles. The average molecular weight is 430 g/mol. The number of hydrogen-bond donors (Lipinski definition) is 1. The summed E-state index contributed by atoms with van der Waals surface area (Å²) in [5.74, 6) is -2.15. The van der Waals surface area contributed by atoms with Gasteiger partial charge in [0, 0.05) is 0 Å². The number of carbonyl (C=O) groups is 3. The summed E-state index contributed by atoms with van der Waals surface area (Å²) in [5, 5.41) is 2.67. The van der Waals surface area contributed by atoms with Crippen molar-refractivity contribution in [1.29, 1.82) is 0 Å². The lowest BCUT2D eigenvalue weighted by Crippen LogP contribution is -2.47. The number of esters is 1. The van der Waals surface area contributed by atoms with E-state index < -0.39 is 33.6 Å². The first-order valence-corrected chi connectivity index (χ1v) is 11.0. The van der Waals surface area contributed by atoms with Crippen LogP contribution in [0.25, 0.3) is 0 Å². The van der Waals surface area contributed by atoms with Crippen LogP contribution in [0.15, 0.2) is 53.4 Å². The van der Waals surface area contributed by atoms with E-state index in [2.05, 4.69) is 5.32 Å². The average Bonchev–Trinajstić information content (AvgIpc) is 2.71. The Bertz CT molecular complexity index is 1080. The molecule has 8 nitrogen and oxygen atoms in total. The summed E-state index contributed by atoms with van der Waals surface area (Å²) in [4.78, 5) is 38.1. The number of rotatable bonds is 6. The molecule has 0 bridgehead atoms. The minimum atomic E-state index is -3.64. The quantitative estimate of drug-likeness (QED) is 0.703. The van der Waals surface area contributed by atoms with Gasteiger partial charge in [-0.05, 0) is 38.1 Å². The summed E-state index contributed by atoms with van der Waals surface area (Å²) in [6.07, 6.45) is -1.55. The Morgan fingerprint density at radius 1 is 1.13 bits per heavy atom. The van der Waals surface area contributed by atoms with Gasteiger partial charge < -0.3 is 10.1 Å².